The fourth-order valence-corrected chi connectivity index (χ4v) is 2.99. The smallest absolute Gasteiger partial charge is 0.229 e. The highest BCUT2D eigenvalue weighted by atomic mass is 79.9. The lowest BCUT2D eigenvalue weighted by molar-refractivity contribution is 0.410. The largest absolute Gasteiger partial charge is 0.496 e. The molecule has 6 heteroatoms. The number of anilines is 3. The van der Waals surface area contributed by atoms with Crippen molar-refractivity contribution in [1.82, 2.24) is 9.97 Å². The molecule has 0 aliphatic heterocycles. The summed E-state index contributed by atoms with van der Waals surface area (Å²) in [5.74, 6) is 2.13. The van der Waals surface area contributed by atoms with Crippen molar-refractivity contribution in [1.29, 1.82) is 0 Å². The van der Waals surface area contributed by atoms with Gasteiger partial charge in [-0.25, -0.2) is 4.98 Å². The number of aryl methyl sites for hydroxylation is 1. The minimum absolute atomic E-state index is 0.537. The van der Waals surface area contributed by atoms with Gasteiger partial charge in [-0.3, -0.25) is 0 Å². The van der Waals surface area contributed by atoms with Crippen molar-refractivity contribution in [2.75, 3.05) is 17.7 Å². The molecule has 0 amide bonds. The van der Waals surface area contributed by atoms with Gasteiger partial charge in [-0.15, -0.1) is 0 Å². The van der Waals surface area contributed by atoms with Crippen molar-refractivity contribution in [3.8, 4) is 5.75 Å². The molecule has 0 aliphatic carbocycles. The Kier molecular flexibility index (Phi) is 5.50. The van der Waals surface area contributed by atoms with Crippen LogP contribution in [0.2, 0.25) is 0 Å². The van der Waals surface area contributed by atoms with Gasteiger partial charge in [0.1, 0.15) is 11.6 Å². The molecular formula is C19H19BrN4O. The van der Waals surface area contributed by atoms with E-state index in [9.17, 15) is 0 Å². The Morgan fingerprint density at radius 3 is 2.76 bits per heavy atom. The van der Waals surface area contributed by atoms with E-state index in [1.54, 1.807) is 13.3 Å². The molecule has 2 aromatic carbocycles. The van der Waals surface area contributed by atoms with Crippen molar-refractivity contribution in [2.45, 2.75) is 13.5 Å². The van der Waals surface area contributed by atoms with Crippen LogP contribution in [0.5, 0.6) is 5.75 Å². The SMILES string of the molecule is COc1ccccc1CNc1ccnc(Nc2ccc(C)cc2Br)n1. The number of benzene rings is 2. The molecule has 0 saturated heterocycles. The summed E-state index contributed by atoms with van der Waals surface area (Å²) in [6, 6.07) is 15.8. The second-order valence-corrected chi connectivity index (χ2v) is 6.39. The van der Waals surface area contributed by atoms with Crippen LogP contribution in [0.1, 0.15) is 11.1 Å². The van der Waals surface area contributed by atoms with Gasteiger partial charge in [0.2, 0.25) is 5.95 Å². The monoisotopic (exact) mass is 398 g/mol. The van der Waals surface area contributed by atoms with E-state index >= 15 is 0 Å². The molecule has 3 rings (SSSR count). The molecule has 0 radical (unpaired) electrons. The van der Waals surface area contributed by atoms with E-state index in [2.05, 4.69) is 36.5 Å². The first-order chi connectivity index (χ1) is 12.2. The molecule has 3 aromatic rings. The molecule has 25 heavy (non-hydrogen) atoms. The maximum absolute atomic E-state index is 5.37. The topological polar surface area (TPSA) is 59.1 Å². The number of ether oxygens (including phenoxy) is 1. The molecule has 0 atom stereocenters. The van der Waals surface area contributed by atoms with Crippen molar-refractivity contribution in [2.24, 2.45) is 0 Å². The van der Waals surface area contributed by atoms with Crippen LogP contribution in [-0.4, -0.2) is 17.1 Å². The zero-order valence-corrected chi connectivity index (χ0v) is 15.7. The lowest BCUT2D eigenvalue weighted by Gasteiger charge is -2.11. The second-order valence-electron chi connectivity index (χ2n) is 5.54. The first kappa shape index (κ1) is 17.2. The van der Waals surface area contributed by atoms with Crippen molar-refractivity contribution < 1.29 is 4.74 Å². The van der Waals surface area contributed by atoms with Gasteiger partial charge >= 0.3 is 0 Å². The summed E-state index contributed by atoms with van der Waals surface area (Å²) < 4.78 is 6.34. The maximum atomic E-state index is 5.37. The average molecular weight is 399 g/mol. The van der Waals surface area contributed by atoms with Gasteiger partial charge in [0.15, 0.2) is 0 Å². The summed E-state index contributed by atoms with van der Waals surface area (Å²) in [6.45, 7) is 2.67. The van der Waals surface area contributed by atoms with E-state index < -0.39 is 0 Å². The van der Waals surface area contributed by atoms with Gasteiger partial charge in [0.05, 0.1) is 12.8 Å². The normalized spacial score (nSPS) is 10.4. The number of halogens is 1. The third kappa shape index (κ3) is 4.48. The molecule has 0 spiro atoms. The highest BCUT2D eigenvalue weighted by Crippen LogP contribution is 2.26. The minimum Gasteiger partial charge on any atom is -0.496 e. The van der Waals surface area contributed by atoms with Crippen molar-refractivity contribution in [3.63, 3.8) is 0 Å². The Morgan fingerprint density at radius 2 is 1.96 bits per heavy atom. The third-order valence-electron chi connectivity index (χ3n) is 3.68. The van der Waals surface area contributed by atoms with Crippen LogP contribution in [0, 0.1) is 6.92 Å². The zero-order chi connectivity index (χ0) is 17.6. The molecule has 5 nitrogen and oxygen atoms in total. The average Bonchev–Trinajstić information content (AvgIpc) is 2.63. The van der Waals surface area contributed by atoms with Gasteiger partial charge in [-0.2, -0.15) is 4.98 Å². The Bertz CT molecular complexity index is 870. The lowest BCUT2D eigenvalue weighted by Crippen LogP contribution is -2.05. The fraction of sp³-hybridized carbons (Fsp3) is 0.158. The molecule has 2 N–H and O–H groups in total. The first-order valence-electron chi connectivity index (χ1n) is 7.87. The molecule has 0 aliphatic rings. The number of nitrogens with one attached hydrogen (secondary N) is 2. The zero-order valence-electron chi connectivity index (χ0n) is 14.1. The minimum atomic E-state index is 0.537. The Labute approximate surface area is 155 Å². The summed E-state index contributed by atoms with van der Waals surface area (Å²) in [7, 11) is 1.67. The summed E-state index contributed by atoms with van der Waals surface area (Å²) >= 11 is 3.55. The first-order valence-corrected chi connectivity index (χ1v) is 8.67. The Morgan fingerprint density at radius 1 is 1.12 bits per heavy atom. The van der Waals surface area contributed by atoms with Crippen LogP contribution in [0.15, 0.2) is 59.2 Å². The van der Waals surface area contributed by atoms with E-state index in [4.69, 9.17) is 4.74 Å². The van der Waals surface area contributed by atoms with Gasteiger partial charge in [-0.05, 0) is 52.7 Å². The molecule has 0 saturated carbocycles. The standard InChI is InChI=1S/C19H19BrN4O/c1-13-7-8-16(15(20)11-13)23-19-21-10-9-18(24-19)22-12-14-5-3-4-6-17(14)25-2/h3-11H,12H2,1-2H3,(H2,21,22,23,24). The second kappa shape index (κ2) is 7.98. The summed E-state index contributed by atoms with van der Waals surface area (Å²) in [4.78, 5) is 8.79. The molecule has 1 aromatic heterocycles. The fourth-order valence-electron chi connectivity index (χ4n) is 2.39. The van der Waals surface area contributed by atoms with Crippen molar-refractivity contribution >= 4 is 33.4 Å². The predicted molar refractivity (Wildman–Crippen MR) is 105 cm³/mol. The van der Waals surface area contributed by atoms with Crippen LogP contribution in [0.3, 0.4) is 0 Å². The Hall–Kier alpha value is -2.60. The molecular weight excluding hydrogens is 380 g/mol. The van der Waals surface area contributed by atoms with Crippen LogP contribution in [0.25, 0.3) is 0 Å². The van der Waals surface area contributed by atoms with Gasteiger partial charge in [0, 0.05) is 22.8 Å². The number of nitrogens with zero attached hydrogens (tertiary/aromatic N) is 2. The number of hydrogen-bond acceptors (Lipinski definition) is 5. The third-order valence-corrected chi connectivity index (χ3v) is 4.34. The number of para-hydroxylation sites is 1. The predicted octanol–water partition coefficient (Wildman–Crippen LogP) is 4.91. The maximum Gasteiger partial charge on any atom is 0.229 e. The van der Waals surface area contributed by atoms with Crippen LogP contribution >= 0.6 is 15.9 Å². The quantitative estimate of drug-likeness (QED) is 0.617. The summed E-state index contributed by atoms with van der Waals surface area (Å²) in [5.41, 5.74) is 3.18. The summed E-state index contributed by atoms with van der Waals surface area (Å²) in [6.07, 6.45) is 1.72. The van der Waals surface area contributed by atoms with E-state index in [-0.39, 0.29) is 0 Å². The van der Waals surface area contributed by atoms with Crippen LogP contribution in [-0.2, 0) is 6.54 Å². The number of methoxy groups -OCH3 is 1. The van der Waals surface area contributed by atoms with Gasteiger partial charge in [-0.1, -0.05) is 24.3 Å². The van der Waals surface area contributed by atoms with E-state index in [1.807, 2.05) is 55.5 Å². The Balaban J connectivity index is 1.71. The molecule has 0 unspecified atom stereocenters. The highest BCUT2D eigenvalue weighted by molar-refractivity contribution is 9.10. The van der Waals surface area contributed by atoms with E-state index in [0.717, 1.165) is 27.3 Å². The van der Waals surface area contributed by atoms with E-state index in [0.29, 0.717) is 12.5 Å². The van der Waals surface area contributed by atoms with E-state index in [1.165, 1.54) is 5.56 Å². The van der Waals surface area contributed by atoms with Crippen LogP contribution < -0.4 is 15.4 Å². The van der Waals surface area contributed by atoms with Crippen LogP contribution in [0.4, 0.5) is 17.5 Å². The molecule has 0 fully saturated rings. The molecule has 0 bridgehead atoms. The molecule has 128 valence electrons. The van der Waals surface area contributed by atoms with Gasteiger partial charge < -0.3 is 15.4 Å². The number of rotatable bonds is 6. The van der Waals surface area contributed by atoms with Crippen molar-refractivity contribution in [3.05, 3.63) is 70.3 Å². The van der Waals surface area contributed by atoms with Gasteiger partial charge in [0.25, 0.3) is 0 Å². The number of aromatic nitrogens is 2. The number of hydrogen-bond donors (Lipinski definition) is 2. The molecule has 1 heterocycles. The lowest BCUT2D eigenvalue weighted by atomic mass is 10.2. The summed E-state index contributed by atoms with van der Waals surface area (Å²) in [5, 5.41) is 6.53. The highest BCUT2D eigenvalue weighted by Gasteiger charge is 2.05.